The molecule has 1 amide bonds. The second-order valence-corrected chi connectivity index (χ2v) is 7.21. The van der Waals surface area contributed by atoms with Crippen LogP contribution in [0.4, 0.5) is 5.69 Å². The summed E-state index contributed by atoms with van der Waals surface area (Å²) < 4.78 is 12.4. The normalized spacial score (nSPS) is 10.7. The second-order valence-electron chi connectivity index (χ2n) is 5.50. The maximum atomic E-state index is 12.5. The summed E-state index contributed by atoms with van der Waals surface area (Å²) in [7, 11) is 0. The van der Waals surface area contributed by atoms with Gasteiger partial charge in [0, 0.05) is 11.8 Å². The Balaban J connectivity index is 2.23. The minimum atomic E-state index is -0.504. The van der Waals surface area contributed by atoms with Crippen LogP contribution in [0.2, 0.25) is 0 Å². The molecule has 2 aromatic rings. The zero-order valence-electron chi connectivity index (χ0n) is 15.2. The van der Waals surface area contributed by atoms with Crippen molar-refractivity contribution in [1.29, 1.82) is 5.26 Å². The van der Waals surface area contributed by atoms with Gasteiger partial charge in [0.2, 0.25) is 0 Å². The SMILES string of the molecule is C=CCOc1c(Br)cc(/C=C(/C#N)C(=O)Nc2cccc(OCC)c2)cc1Br. The average Bonchev–Trinajstić information content (AvgIpc) is 2.66. The Morgan fingerprint density at radius 3 is 2.57 bits per heavy atom. The molecule has 0 saturated carbocycles. The number of carbonyl (C=O) groups excluding carboxylic acids is 1. The largest absolute Gasteiger partial charge is 0.494 e. The van der Waals surface area contributed by atoms with Crippen LogP contribution in [0.5, 0.6) is 11.5 Å². The van der Waals surface area contributed by atoms with E-state index in [0.29, 0.717) is 44.9 Å². The molecule has 0 atom stereocenters. The molecule has 0 spiro atoms. The van der Waals surface area contributed by atoms with E-state index in [-0.39, 0.29) is 5.57 Å². The Morgan fingerprint density at radius 1 is 1.25 bits per heavy atom. The van der Waals surface area contributed by atoms with E-state index in [9.17, 15) is 10.1 Å². The molecule has 5 nitrogen and oxygen atoms in total. The summed E-state index contributed by atoms with van der Waals surface area (Å²) >= 11 is 6.88. The van der Waals surface area contributed by atoms with Crippen molar-refractivity contribution >= 4 is 49.5 Å². The lowest BCUT2D eigenvalue weighted by Gasteiger charge is -2.10. The fourth-order valence-corrected chi connectivity index (χ4v) is 3.74. The first kappa shape index (κ1) is 21.7. The van der Waals surface area contributed by atoms with Crippen molar-refractivity contribution in [3.05, 3.63) is 69.1 Å². The minimum absolute atomic E-state index is 0.0274. The molecule has 0 fully saturated rings. The topological polar surface area (TPSA) is 71.3 Å². The van der Waals surface area contributed by atoms with Crippen LogP contribution in [-0.4, -0.2) is 19.1 Å². The van der Waals surface area contributed by atoms with Gasteiger partial charge in [-0.05, 0) is 74.7 Å². The number of rotatable bonds is 8. The summed E-state index contributed by atoms with van der Waals surface area (Å²) in [5.41, 5.74) is 1.19. The van der Waals surface area contributed by atoms with Crippen molar-refractivity contribution in [2.45, 2.75) is 6.92 Å². The summed E-state index contributed by atoms with van der Waals surface area (Å²) in [6.45, 7) is 6.38. The van der Waals surface area contributed by atoms with Crippen molar-refractivity contribution in [3.63, 3.8) is 0 Å². The van der Waals surface area contributed by atoms with Crippen LogP contribution in [0.15, 0.2) is 63.6 Å². The molecule has 28 heavy (non-hydrogen) atoms. The van der Waals surface area contributed by atoms with Crippen LogP contribution in [0.25, 0.3) is 6.08 Å². The summed E-state index contributed by atoms with van der Waals surface area (Å²) in [6, 6.07) is 12.5. The lowest BCUT2D eigenvalue weighted by Crippen LogP contribution is -2.13. The van der Waals surface area contributed by atoms with E-state index in [1.54, 1.807) is 42.5 Å². The number of nitrogens with one attached hydrogen (secondary N) is 1. The molecule has 2 aromatic carbocycles. The quantitative estimate of drug-likeness (QED) is 0.283. The van der Waals surface area contributed by atoms with Gasteiger partial charge < -0.3 is 14.8 Å². The van der Waals surface area contributed by atoms with Gasteiger partial charge in [-0.2, -0.15) is 5.26 Å². The fourth-order valence-electron chi connectivity index (χ4n) is 2.29. The van der Waals surface area contributed by atoms with Gasteiger partial charge in [-0.15, -0.1) is 0 Å². The molecule has 0 bridgehead atoms. The van der Waals surface area contributed by atoms with E-state index < -0.39 is 5.91 Å². The van der Waals surface area contributed by atoms with Crippen LogP contribution < -0.4 is 14.8 Å². The second kappa shape index (κ2) is 10.7. The highest BCUT2D eigenvalue weighted by atomic mass is 79.9. The number of benzene rings is 2. The van der Waals surface area contributed by atoms with E-state index >= 15 is 0 Å². The Hall–Kier alpha value is -2.56. The summed E-state index contributed by atoms with van der Waals surface area (Å²) in [5.74, 6) is 0.758. The Labute approximate surface area is 180 Å². The molecule has 0 aliphatic heterocycles. The summed E-state index contributed by atoms with van der Waals surface area (Å²) in [4.78, 5) is 12.5. The molecule has 144 valence electrons. The molecule has 0 aliphatic rings. The van der Waals surface area contributed by atoms with Crippen LogP contribution >= 0.6 is 31.9 Å². The van der Waals surface area contributed by atoms with E-state index in [1.807, 2.05) is 13.0 Å². The Bertz CT molecular complexity index is 926. The third kappa shape index (κ3) is 5.98. The Kier molecular flexibility index (Phi) is 8.30. The Morgan fingerprint density at radius 2 is 1.96 bits per heavy atom. The highest BCUT2D eigenvalue weighted by Crippen LogP contribution is 2.35. The monoisotopic (exact) mass is 504 g/mol. The molecule has 0 saturated heterocycles. The van der Waals surface area contributed by atoms with Crippen LogP contribution in [0.3, 0.4) is 0 Å². The fraction of sp³-hybridized carbons (Fsp3) is 0.143. The average molecular weight is 506 g/mol. The van der Waals surface area contributed by atoms with E-state index in [1.165, 1.54) is 6.08 Å². The van der Waals surface area contributed by atoms with E-state index in [2.05, 4.69) is 43.8 Å². The molecule has 0 aromatic heterocycles. The van der Waals surface area contributed by atoms with Gasteiger partial charge >= 0.3 is 0 Å². The predicted molar refractivity (Wildman–Crippen MR) is 117 cm³/mol. The summed E-state index contributed by atoms with van der Waals surface area (Å²) in [5, 5.41) is 12.1. The lowest BCUT2D eigenvalue weighted by molar-refractivity contribution is -0.112. The number of nitriles is 1. The smallest absolute Gasteiger partial charge is 0.266 e. The molecule has 0 heterocycles. The van der Waals surface area contributed by atoms with Gasteiger partial charge in [-0.1, -0.05) is 18.7 Å². The molecule has 0 aliphatic carbocycles. The number of nitrogens with zero attached hydrogens (tertiary/aromatic N) is 1. The predicted octanol–water partition coefficient (Wildman–Crippen LogP) is 5.72. The van der Waals surface area contributed by atoms with Gasteiger partial charge in [-0.25, -0.2) is 0 Å². The summed E-state index contributed by atoms with van der Waals surface area (Å²) in [6.07, 6.45) is 3.15. The van der Waals surface area contributed by atoms with Crippen molar-refractivity contribution in [3.8, 4) is 17.6 Å². The van der Waals surface area contributed by atoms with Crippen molar-refractivity contribution in [2.24, 2.45) is 0 Å². The van der Waals surface area contributed by atoms with Crippen molar-refractivity contribution < 1.29 is 14.3 Å². The van der Waals surface area contributed by atoms with Gasteiger partial charge in [0.25, 0.3) is 5.91 Å². The maximum absolute atomic E-state index is 12.5. The van der Waals surface area contributed by atoms with Gasteiger partial charge in [-0.3, -0.25) is 4.79 Å². The maximum Gasteiger partial charge on any atom is 0.266 e. The number of amides is 1. The first-order valence-electron chi connectivity index (χ1n) is 8.37. The number of anilines is 1. The third-order valence-corrected chi connectivity index (χ3v) is 4.62. The number of hydrogen-bond acceptors (Lipinski definition) is 4. The molecule has 1 N–H and O–H groups in total. The molecule has 7 heteroatoms. The van der Waals surface area contributed by atoms with Crippen molar-refractivity contribution in [1.82, 2.24) is 0 Å². The molecular weight excluding hydrogens is 488 g/mol. The zero-order valence-corrected chi connectivity index (χ0v) is 18.3. The minimum Gasteiger partial charge on any atom is -0.494 e. The van der Waals surface area contributed by atoms with Gasteiger partial charge in [0.1, 0.15) is 29.7 Å². The number of carbonyl (C=O) groups is 1. The van der Waals surface area contributed by atoms with Gasteiger partial charge in [0.05, 0.1) is 15.6 Å². The first-order valence-corrected chi connectivity index (χ1v) is 9.95. The zero-order chi connectivity index (χ0) is 20.5. The molecule has 0 unspecified atom stereocenters. The third-order valence-electron chi connectivity index (χ3n) is 3.45. The molecule has 0 radical (unpaired) electrons. The van der Waals surface area contributed by atoms with Crippen LogP contribution in [0, 0.1) is 11.3 Å². The van der Waals surface area contributed by atoms with E-state index in [0.717, 1.165) is 0 Å². The van der Waals surface area contributed by atoms with Gasteiger partial charge in [0.15, 0.2) is 0 Å². The van der Waals surface area contributed by atoms with Crippen molar-refractivity contribution in [2.75, 3.05) is 18.5 Å². The van der Waals surface area contributed by atoms with E-state index in [4.69, 9.17) is 9.47 Å². The molecule has 2 rings (SSSR count). The number of halogens is 2. The standard InChI is InChI=1S/C21H18Br2N2O3/c1-3-8-28-20-18(22)10-14(11-19(20)23)9-15(13-24)21(26)25-16-6-5-7-17(12-16)27-4-2/h3,5-7,9-12H,1,4,8H2,2H3,(H,25,26)/b15-9-. The molecular formula is C21H18Br2N2O3. The highest BCUT2D eigenvalue weighted by Gasteiger charge is 2.13. The lowest BCUT2D eigenvalue weighted by atomic mass is 10.1. The number of hydrogen-bond donors (Lipinski definition) is 1. The highest BCUT2D eigenvalue weighted by molar-refractivity contribution is 9.11. The first-order chi connectivity index (χ1) is 13.5. The number of ether oxygens (including phenoxy) is 2. The van der Waals surface area contributed by atoms with Crippen LogP contribution in [-0.2, 0) is 4.79 Å². The van der Waals surface area contributed by atoms with Crippen LogP contribution in [0.1, 0.15) is 12.5 Å².